The van der Waals surface area contributed by atoms with Gasteiger partial charge in [-0.15, -0.1) is 11.8 Å². The minimum atomic E-state index is -0.295. The van der Waals surface area contributed by atoms with Gasteiger partial charge in [-0.05, 0) is 36.8 Å². The second kappa shape index (κ2) is 6.53. The third-order valence-corrected chi connectivity index (χ3v) is 3.73. The molecule has 0 saturated heterocycles. The molecule has 0 amide bonds. The number of Topliss-reactive ketones (excluding diaryl/α,β-unsaturated/α-hetero) is 1. The molecule has 0 atom stereocenters. The van der Waals surface area contributed by atoms with Crippen molar-refractivity contribution in [2.75, 3.05) is 5.75 Å². The third kappa shape index (κ3) is 4.52. The van der Waals surface area contributed by atoms with Crippen LogP contribution in [-0.4, -0.2) is 11.5 Å². The minimum Gasteiger partial charge on any atom is -0.298 e. The molecule has 2 rings (SSSR count). The highest BCUT2D eigenvalue weighted by molar-refractivity contribution is 8.00. The van der Waals surface area contributed by atoms with Crippen LogP contribution in [-0.2, 0) is 11.2 Å². The first-order valence-electron chi connectivity index (χ1n) is 6.09. The molecular weight excluding hydrogens is 259 g/mol. The molecule has 0 aliphatic rings. The molecule has 0 bridgehead atoms. The smallest absolute Gasteiger partial charge is 0.147 e. The van der Waals surface area contributed by atoms with E-state index in [1.54, 1.807) is 12.1 Å². The molecule has 19 heavy (non-hydrogen) atoms. The van der Waals surface area contributed by atoms with Crippen molar-refractivity contribution >= 4 is 17.5 Å². The molecule has 0 radical (unpaired) electrons. The normalized spacial score (nSPS) is 10.4. The Morgan fingerprint density at radius 1 is 1.16 bits per heavy atom. The van der Waals surface area contributed by atoms with Gasteiger partial charge in [-0.25, -0.2) is 4.39 Å². The van der Waals surface area contributed by atoms with Crippen molar-refractivity contribution in [3.8, 4) is 0 Å². The Labute approximate surface area is 116 Å². The van der Waals surface area contributed by atoms with Crippen LogP contribution in [0.3, 0.4) is 0 Å². The Morgan fingerprint density at radius 2 is 1.95 bits per heavy atom. The van der Waals surface area contributed by atoms with Gasteiger partial charge in [0.1, 0.15) is 11.6 Å². The summed E-state index contributed by atoms with van der Waals surface area (Å²) in [5.74, 6) is 0.230. The van der Waals surface area contributed by atoms with E-state index < -0.39 is 0 Å². The Kier molecular flexibility index (Phi) is 4.74. The van der Waals surface area contributed by atoms with Gasteiger partial charge in [0, 0.05) is 11.3 Å². The number of carbonyl (C=O) groups excluding carboxylic acids is 1. The average molecular weight is 274 g/mol. The van der Waals surface area contributed by atoms with E-state index in [1.807, 2.05) is 25.1 Å². The van der Waals surface area contributed by atoms with Gasteiger partial charge < -0.3 is 0 Å². The first-order chi connectivity index (χ1) is 9.13. The van der Waals surface area contributed by atoms with E-state index in [9.17, 15) is 9.18 Å². The fourth-order valence-electron chi connectivity index (χ4n) is 1.79. The lowest BCUT2D eigenvalue weighted by atomic mass is 10.1. The summed E-state index contributed by atoms with van der Waals surface area (Å²) in [7, 11) is 0. The number of hydrogen-bond acceptors (Lipinski definition) is 2. The van der Waals surface area contributed by atoms with E-state index in [-0.39, 0.29) is 18.0 Å². The highest BCUT2D eigenvalue weighted by Crippen LogP contribution is 2.19. The second-order valence-electron chi connectivity index (χ2n) is 4.45. The predicted octanol–water partition coefficient (Wildman–Crippen LogP) is 4.04. The molecule has 0 aromatic heterocycles. The predicted molar refractivity (Wildman–Crippen MR) is 77.0 cm³/mol. The van der Waals surface area contributed by atoms with Crippen molar-refractivity contribution in [1.29, 1.82) is 0 Å². The van der Waals surface area contributed by atoms with Crippen LogP contribution in [0, 0.1) is 12.7 Å². The molecule has 3 heteroatoms. The Hall–Kier alpha value is -1.61. The van der Waals surface area contributed by atoms with Crippen molar-refractivity contribution in [2.24, 2.45) is 0 Å². The molecule has 2 aromatic rings. The zero-order chi connectivity index (χ0) is 13.7. The maximum absolute atomic E-state index is 13.0. The topological polar surface area (TPSA) is 17.1 Å². The van der Waals surface area contributed by atoms with Gasteiger partial charge in [0.15, 0.2) is 0 Å². The number of ketones is 1. The van der Waals surface area contributed by atoms with Crippen LogP contribution < -0.4 is 0 Å². The van der Waals surface area contributed by atoms with Crippen LogP contribution in [0.4, 0.5) is 4.39 Å². The summed E-state index contributed by atoms with van der Waals surface area (Å²) >= 11 is 1.52. The SMILES string of the molecule is Cc1cccc(SCC(=O)Cc2cccc(F)c2)c1. The molecule has 1 nitrogen and oxygen atoms in total. The van der Waals surface area contributed by atoms with E-state index in [4.69, 9.17) is 0 Å². The van der Waals surface area contributed by atoms with Crippen LogP contribution in [0.15, 0.2) is 53.4 Å². The molecule has 98 valence electrons. The maximum atomic E-state index is 13.0. The molecule has 0 aliphatic heterocycles. The number of halogens is 1. The van der Waals surface area contributed by atoms with Crippen molar-refractivity contribution in [1.82, 2.24) is 0 Å². The van der Waals surface area contributed by atoms with E-state index >= 15 is 0 Å². The lowest BCUT2D eigenvalue weighted by Crippen LogP contribution is -2.05. The summed E-state index contributed by atoms with van der Waals surface area (Å²) in [5, 5.41) is 0. The molecule has 0 aliphatic carbocycles. The number of hydrogen-bond donors (Lipinski definition) is 0. The largest absolute Gasteiger partial charge is 0.298 e. The number of aryl methyl sites for hydroxylation is 1. The van der Waals surface area contributed by atoms with Crippen molar-refractivity contribution < 1.29 is 9.18 Å². The van der Waals surface area contributed by atoms with Gasteiger partial charge in [0.05, 0.1) is 5.75 Å². The molecule has 0 spiro atoms. The Balaban J connectivity index is 1.88. The lowest BCUT2D eigenvalue weighted by molar-refractivity contribution is -0.116. The van der Waals surface area contributed by atoms with Gasteiger partial charge in [0.2, 0.25) is 0 Å². The van der Waals surface area contributed by atoms with Crippen molar-refractivity contribution in [3.05, 3.63) is 65.5 Å². The molecule has 2 aromatic carbocycles. The quantitative estimate of drug-likeness (QED) is 0.765. The molecule has 0 unspecified atom stereocenters. The van der Waals surface area contributed by atoms with Crippen LogP contribution in [0.1, 0.15) is 11.1 Å². The molecular formula is C16H15FOS. The summed E-state index contributed by atoms with van der Waals surface area (Å²) < 4.78 is 13.0. The second-order valence-corrected chi connectivity index (χ2v) is 5.50. The van der Waals surface area contributed by atoms with Crippen LogP contribution in [0.25, 0.3) is 0 Å². The number of rotatable bonds is 5. The summed E-state index contributed by atoms with van der Waals surface area (Å²) in [6.45, 7) is 2.03. The lowest BCUT2D eigenvalue weighted by Gasteiger charge is -2.03. The minimum absolute atomic E-state index is 0.108. The van der Waals surface area contributed by atoms with Crippen molar-refractivity contribution in [2.45, 2.75) is 18.2 Å². The zero-order valence-corrected chi connectivity index (χ0v) is 11.5. The van der Waals surface area contributed by atoms with Gasteiger partial charge in [-0.2, -0.15) is 0 Å². The first kappa shape index (κ1) is 13.8. The Bertz CT molecular complexity index is 580. The number of benzene rings is 2. The van der Waals surface area contributed by atoms with Crippen molar-refractivity contribution in [3.63, 3.8) is 0 Å². The fourth-order valence-corrected chi connectivity index (χ4v) is 2.67. The monoisotopic (exact) mass is 274 g/mol. The highest BCUT2D eigenvalue weighted by Gasteiger charge is 2.05. The molecule has 0 N–H and O–H groups in total. The molecule has 0 fully saturated rings. The van der Waals surface area contributed by atoms with Gasteiger partial charge in [-0.3, -0.25) is 4.79 Å². The number of thioether (sulfide) groups is 1. The van der Waals surface area contributed by atoms with E-state index in [0.717, 1.165) is 10.5 Å². The summed E-state index contributed by atoms with van der Waals surface area (Å²) in [5.41, 5.74) is 1.91. The highest BCUT2D eigenvalue weighted by atomic mass is 32.2. The first-order valence-corrected chi connectivity index (χ1v) is 7.07. The van der Waals surface area contributed by atoms with E-state index in [0.29, 0.717) is 5.75 Å². The van der Waals surface area contributed by atoms with E-state index in [1.165, 1.54) is 29.5 Å². The molecule has 0 heterocycles. The van der Waals surface area contributed by atoms with E-state index in [2.05, 4.69) is 6.07 Å². The summed E-state index contributed by atoms with van der Waals surface area (Å²) in [4.78, 5) is 12.9. The van der Waals surface area contributed by atoms with Gasteiger partial charge >= 0.3 is 0 Å². The Morgan fingerprint density at radius 3 is 2.68 bits per heavy atom. The van der Waals surface area contributed by atoms with Gasteiger partial charge in [-0.1, -0.05) is 29.8 Å². The standard InChI is InChI=1S/C16H15FOS/c1-12-4-2-7-16(8-12)19-11-15(18)10-13-5-3-6-14(17)9-13/h2-9H,10-11H2,1H3. The van der Waals surface area contributed by atoms with Gasteiger partial charge in [0.25, 0.3) is 0 Å². The maximum Gasteiger partial charge on any atom is 0.147 e. The average Bonchev–Trinajstić information content (AvgIpc) is 2.36. The van der Waals surface area contributed by atoms with Crippen LogP contribution in [0.5, 0.6) is 0 Å². The molecule has 0 saturated carbocycles. The zero-order valence-electron chi connectivity index (χ0n) is 10.7. The summed E-state index contributed by atoms with van der Waals surface area (Å²) in [6.07, 6.45) is 0.288. The fraction of sp³-hybridized carbons (Fsp3) is 0.188. The summed E-state index contributed by atoms with van der Waals surface area (Å²) in [6, 6.07) is 14.3. The van der Waals surface area contributed by atoms with Crippen LogP contribution in [0.2, 0.25) is 0 Å². The van der Waals surface area contributed by atoms with Crippen LogP contribution >= 0.6 is 11.8 Å². The number of carbonyl (C=O) groups is 1. The third-order valence-electron chi connectivity index (χ3n) is 2.68.